The number of pyridine rings is 1. The third-order valence-corrected chi connectivity index (χ3v) is 4.49. The predicted octanol–water partition coefficient (Wildman–Crippen LogP) is 3.08. The number of primary amides is 1. The highest BCUT2D eigenvalue weighted by molar-refractivity contribution is 6.31. The number of carbonyl (C=O) groups excluding carboxylic acids is 2. The Morgan fingerprint density at radius 3 is 2.64 bits per heavy atom. The van der Waals surface area contributed by atoms with Crippen LogP contribution in [0.15, 0.2) is 42.6 Å². The summed E-state index contributed by atoms with van der Waals surface area (Å²) in [6.45, 7) is 3.62. The standard InChI is InChI=1S/C19H18ClN5O3/c1-11-18(20)12(2)25(24-11)10-16(26)23-14-6-7-17(22-9-14)28-15-5-3-4-13(8-15)19(21)27/h3-9H,10H2,1-2H3,(H2,21,27)(H,23,26). The van der Waals surface area contributed by atoms with Crippen LogP contribution in [0.4, 0.5) is 5.69 Å². The lowest BCUT2D eigenvalue weighted by molar-refractivity contribution is -0.116. The smallest absolute Gasteiger partial charge is 0.248 e. The number of nitrogens with two attached hydrogens (primary N) is 1. The van der Waals surface area contributed by atoms with Crippen molar-refractivity contribution in [3.63, 3.8) is 0 Å². The van der Waals surface area contributed by atoms with Crippen LogP contribution >= 0.6 is 11.6 Å². The number of halogens is 1. The fourth-order valence-electron chi connectivity index (χ4n) is 2.51. The van der Waals surface area contributed by atoms with Crippen LogP contribution in [-0.2, 0) is 11.3 Å². The molecule has 0 aliphatic heterocycles. The summed E-state index contributed by atoms with van der Waals surface area (Å²) in [5.41, 5.74) is 7.51. The average Bonchev–Trinajstić information content (AvgIpc) is 2.90. The lowest BCUT2D eigenvalue weighted by Crippen LogP contribution is -2.20. The molecule has 2 heterocycles. The van der Waals surface area contributed by atoms with E-state index in [1.807, 2.05) is 0 Å². The number of nitrogens with zero attached hydrogens (tertiary/aromatic N) is 3. The molecule has 2 amide bonds. The monoisotopic (exact) mass is 399 g/mol. The van der Waals surface area contributed by atoms with Crippen LogP contribution in [-0.4, -0.2) is 26.6 Å². The van der Waals surface area contributed by atoms with Crippen LogP contribution < -0.4 is 15.8 Å². The van der Waals surface area contributed by atoms with E-state index < -0.39 is 5.91 Å². The molecule has 0 aliphatic carbocycles. The van der Waals surface area contributed by atoms with Crippen molar-refractivity contribution in [1.29, 1.82) is 0 Å². The van der Waals surface area contributed by atoms with Crippen LogP contribution in [0.3, 0.4) is 0 Å². The molecule has 0 radical (unpaired) electrons. The molecule has 3 aromatic rings. The van der Waals surface area contributed by atoms with Gasteiger partial charge in [0.15, 0.2) is 0 Å². The number of benzene rings is 1. The molecule has 0 aliphatic rings. The van der Waals surface area contributed by atoms with E-state index in [-0.39, 0.29) is 12.5 Å². The van der Waals surface area contributed by atoms with Crippen molar-refractivity contribution in [2.75, 3.05) is 5.32 Å². The Hall–Kier alpha value is -3.39. The molecule has 0 spiro atoms. The van der Waals surface area contributed by atoms with Crippen molar-refractivity contribution < 1.29 is 14.3 Å². The van der Waals surface area contributed by atoms with Gasteiger partial charge in [-0.2, -0.15) is 5.10 Å². The van der Waals surface area contributed by atoms with E-state index in [2.05, 4.69) is 15.4 Å². The Bertz CT molecular complexity index is 1030. The summed E-state index contributed by atoms with van der Waals surface area (Å²) in [6.07, 6.45) is 1.47. The highest BCUT2D eigenvalue weighted by Crippen LogP contribution is 2.22. The SMILES string of the molecule is Cc1nn(CC(=O)Nc2ccc(Oc3cccc(C(N)=O)c3)nc2)c(C)c1Cl. The molecule has 2 aromatic heterocycles. The number of aryl methyl sites for hydroxylation is 1. The molecule has 9 heteroatoms. The molecular weight excluding hydrogens is 382 g/mol. The van der Waals surface area contributed by atoms with Crippen molar-refractivity contribution >= 4 is 29.1 Å². The number of hydrogen-bond donors (Lipinski definition) is 2. The molecule has 144 valence electrons. The normalized spacial score (nSPS) is 10.5. The lowest BCUT2D eigenvalue weighted by Gasteiger charge is -2.08. The molecule has 0 saturated heterocycles. The van der Waals surface area contributed by atoms with Gasteiger partial charge in [-0.05, 0) is 38.1 Å². The summed E-state index contributed by atoms with van der Waals surface area (Å²) in [7, 11) is 0. The van der Waals surface area contributed by atoms with Gasteiger partial charge in [-0.1, -0.05) is 17.7 Å². The van der Waals surface area contributed by atoms with Gasteiger partial charge in [0.1, 0.15) is 12.3 Å². The Kier molecular flexibility index (Phi) is 5.60. The minimum Gasteiger partial charge on any atom is -0.439 e. The summed E-state index contributed by atoms with van der Waals surface area (Å²) in [6, 6.07) is 9.73. The minimum absolute atomic E-state index is 0.0392. The van der Waals surface area contributed by atoms with Crippen molar-refractivity contribution in [3.05, 3.63) is 64.6 Å². The molecule has 0 bridgehead atoms. The zero-order valence-corrected chi connectivity index (χ0v) is 16.0. The van der Waals surface area contributed by atoms with Gasteiger partial charge in [-0.3, -0.25) is 14.3 Å². The second-order valence-corrected chi connectivity index (χ2v) is 6.45. The minimum atomic E-state index is -0.541. The Morgan fingerprint density at radius 1 is 1.25 bits per heavy atom. The topological polar surface area (TPSA) is 112 Å². The van der Waals surface area contributed by atoms with Crippen LogP contribution in [0.1, 0.15) is 21.7 Å². The molecule has 0 atom stereocenters. The van der Waals surface area contributed by atoms with Crippen LogP contribution in [0, 0.1) is 13.8 Å². The van der Waals surface area contributed by atoms with Gasteiger partial charge >= 0.3 is 0 Å². The first-order valence-corrected chi connectivity index (χ1v) is 8.74. The Balaban J connectivity index is 1.62. The number of anilines is 1. The van der Waals surface area contributed by atoms with E-state index in [0.29, 0.717) is 33.6 Å². The van der Waals surface area contributed by atoms with E-state index in [9.17, 15) is 9.59 Å². The highest BCUT2D eigenvalue weighted by atomic mass is 35.5. The quantitative estimate of drug-likeness (QED) is 0.661. The third-order valence-electron chi connectivity index (χ3n) is 3.95. The summed E-state index contributed by atoms with van der Waals surface area (Å²) < 4.78 is 7.14. The summed E-state index contributed by atoms with van der Waals surface area (Å²) >= 11 is 6.09. The average molecular weight is 400 g/mol. The van der Waals surface area contributed by atoms with E-state index in [1.165, 1.54) is 12.3 Å². The summed E-state index contributed by atoms with van der Waals surface area (Å²) in [4.78, 5) is 27.6. The van der Waals surface area contributed by atoms with Crippen LogP contribution in [0.5, 0.6) is 11.6 Å². The molecule has 0 fully saturated rings. The van der Waals surface area contributed by atoms with Crippen molar-refractivity contribution in [1.82, 2.24) is 14.8 Å². The maximum Gasteiger partial charge on any atom is 0.248 e. The molecule has 0 unspecified atom stereocenters. The second kappa shape index (κ2) is 8.10. The predicted molar refractivity (Wildman–Crippen MR) is 105 cm³/mol. The van der Waals surface area contributed by atoms with Gasteiger partial charge in [0.05, 0.1) is 28.3 Å². The first-order chi connectivity index (χ1) is 13.3. The largest absolute Gasteiger partial charge is 0.439 e. The number of ether oxygens (including phenoxy) is 1. The van der Waals surface area contributed by atoms with Crippen molar-refractivity contribution in [2.45, 2.75) is 20.4 Å². The van der Waals surface area contributed by atoms with Gasteiger partial charge in [0, 0.05) is 11.6 Å². The molecule has 3 N–H and O–H groups in total. The Morgan fingerprint density at radius 2 is 2.04 bits per heavy atom. The Labute approximate surface area is 166 Å². The molecular formula is C19H18ClN5O3. The molecule has 1 aromatic carbocycles. The number of carbonyl (C=O) groups is 2. The zero-order valence-electron chi connectivity index (χ0n) is 15.3. The number of nitrogens with one attached hydrogen (secondary N) is 1. The van der Waals surface area contributed by atoms with E-state index in [1.54, 1.807) is 48.9 Å². The van der Waals surface area contributed by atoms with E-state index >= 15 is 0 Å². The highest BCUT2D eigenvalue weighted by Gasteiger charge is 2.12. The second-order valence-electron chi connectivity index (χ2n) is 6.07. The lowest BCUT2D eigenvalue weighted by atomic mass is 10.2. The first-order valence-electron chi connectivity index (χ1n) is 8.36. The zero-order chi connectivity index (χ0) is 20.3. The van der Waals surface area contributed by atoms with Crippen molar-refractivity contribution in [2.24, 2.45) is 5.73 Å². The van der Waals surface area contributed by atoms with E-state index in [4.69, 9.17) is 22.1 Å². The molecule has 28 heavy (non-hydrogen) atoms. The maximum atomic E-state index is 12.2. The van der Waals surface area contributed by atoms with Gasteiger partial charge in [-0.15, -0.1) is 0 Å². The van der Waals surface area contributed by atoms with Crippen LogP contribution in [0.25, 0.3) is 0 Å². The van der Waals surface area contributed by atoms with Gasteiger partial charge in [-0.25, -0.2) is 4.98 Å². The molecule has 0 saturated carbocycles. The van der Waals surface area contributed by atoms with Gasteiger partial charge < -0.3 is 15.8 Å². The maximum absolute atomic E-state index is 12.2. The van der Waals surface area contributed by atoms with E-state index in [0.717, 1.165) is 5.69 Å². The van der Waals surface area contributed by atoms with Crippen LogP contribution in [0.2, 0.25) is 5.02 Å². The first kappa shape index (κ1) is 19.4. The van der Waals surface area contributed by atoms with Crippen molar-refractivity contribution in [3.8, 4) is 11.6 Å². The summed E-state index contributed by atoms with van der Waals surface area (Å²) in [5, 5.41) is 7.52. The molecule has 3 rings (SSSR count). The number of aromatic nitrogens is 3. The molecule has 8 nitrogen and oxygen atoms in total. The third kappa shape index (κ3) is 4.47. The fourth-order valence-corrected chi connectivity index (χ4v) is 2.65. The van der Waals surface area contributed by atoms with Gasteiger partial charge in [0.25, 0.3) is 0 Å². The fraction of sp³-hybridized carbons (Fsp3) is 0.158. The van der Waals surface area contributed by atoms with Gasteiger partial charge in [0.2, 0.25) is 17.7 Å². The number of hydrogen-bond acceptors (Lipinski definition) is 5. The summed E-state index contributed by atoms with van der Waals surface area (Å²) in [5.74, 6) is -0.0563. The number of rotatable bonds is 6. The number of amides is 2.